The Hall–Kier alpha value is -2.80. The van der Waals surface area contributed by atoms with Gasteiger partial charge >= 0.3 is 0 Å². The summed E-state index contributed by atoms with van der Waals surface area (Å²) in [4.78, 5) is 10.8. The Kier molecular flexibility index (Phi) is 4.35. The summed E-state index contributed by atoms with van der Waals surface area (Å²) in [6.07, 6.45) is 0.758. The van der Waals surface area contributed by atoms with Gasteiger partial charge in [-0.2, -0.15) is 5.26 Å². The van der Waals surface area contributed by atoms with Crippen LogP contribution in [0.5, 0.6) is 11.5 Å². The lowest BCUT2D eigenvalue weighted by atomic mass is 10.1. The molecule has 0 amide bonds. The number of hydrogen-bond acceptors (Lipinski definition) is 4. The fraction of sp³-hybridized carbons (Fsp3) is 0.125. The average molecular weight is 267 g/mol. The first-order valence-corrected chi connectivity index (χ1v) is 6.02. The van der Waals surface area contributed by atoms with Crippen molar-refractivity contribution in [2.24, 2.45) is 0 Å². The van der Waals surface area contributed by atoms with Crippen molar-refractivity contribution in [2.75, 3.05) is 7.11 Å². The molecule has 0 aromatic heterocycles. The van der Waals surface area contributed by atoms with E-state index in [2.05, 4.69) is 6.07 Å². The predicted molar refractivity (Wildman–Crippen MR) is 73.9 cm³/mol. The maximum Gasteiger partial charge on any atom is 0.162 e. The van der Waals surface area contributed by atoms with Gasteiger partial charge in [0.05, 0.1) is 18.7 Å². The largest absolute Gasteiger partial charge is 0.493 e. The Morgan fingerprint density at radius 3 is 2.50 bits per heavy atom. The van der Waals surface area contributed by atoms with Gasteiger partial charge in [0.2, 0.25) is 0 Å². The van der Waals surface area contributed by atoms with Gasteiger partial charge in [0.25, 0.3) is 0 Å². The highest BCUT2D eigenvalue weighted by molar-refractivity contribution is 5.76. The molecule has 0 atom stereocenters. The molecule has 2 rings (SSSR count). The zero-order valence-corrected chi connectivity index (χ0v) is 11.0. The van der Waals surface area contributed by atoms with E-state index in [1.807, 2.05) is 12.1 Å². The van der Waals surface area contributed by atoms with Gasteiger partial charge in [0.1, 0.15) is 12.9 Å². The van der Waals surface area contributed by atoms with E-state index in [0.29, 0.717) is 29.2 Å². The fourth-order valence-electron chi connectivity index (χ4n) is 1.72. The SMILES string of the molecule is COc1ccc(C=O)cc1OCc1ccc(C#N)cc1. The minimum absolute atomic E-state index is 0.338. The second-order valence-electron chi connectivity index (χ2n) is 4.13. The van der Waals surface area contributed by atoms with Crippen LogP contribution in [0.4, 0.5) is 0 Å². The molecule has 100 valence electrons. The smallest absolute Gasteiger partial charge is 0.162 e. The molecule has 0 aliphatic heterocycles. The number of nitrogens with zero attached hydrogens (tertiary/aromatic N) is 1. The van der Waals surface area contributed by atoms with E-state index >= 15 is 0 Å². The Bertz CT molecular complexity index is 642. The van der Waals surface area contributed by atoms with Crippen molar-refractivity contribution in [3.05, 3.63) is 59.2 Å². The number of aldehydes is 1. The van der Waals surface area contributed by atoms with Crippen LogP contribution in [-0.4, -0.2) is 13.4 Å². The zero-order valence-electron chi connectivity index (χ0n) is 11.0. The van der Waals surface area contributed by atoms with Crippen molar-refractivity contribution in [1.82, 2.24) is 0 Å². The maximum absolute atomic E-state index is 10.8. The average Bonchev–Trinajstić information content (AvgIpc) is 2.53. The second kappa shape index (κ2) is 6.39. The molecule has 0 saturated carbocycles. The van der Waals surface area contributed by atoms with Gasteiger partial charge in [-0.1, -0.05) is 12.1 Å². The van der Waals surface area contributed by atoms with E-state index < -0.39 is 0 Å². The highest BCUT2D eigenvalue weighted by Gasteiger charge is 2.06. The minimum atomic E-state index is 0.338. The summed E-state index contributed by atoms with van der Waals surface area (Å²) in [7, 11) is 1.55. The molecule has 0 heterocycles. The lowest BCUT2D eigenvalue weighted by Gasteiger charge is -2.11. The highest BCUT2D eigenvalue weighted by atomic mass is 16.5. The molecular formula is C16H13NO3. The summed E-state index contributed by atoms with van der Waals surface area (Å²) in [5.74, 6) is 1.09. The Balaban J connectivity index is 2.13. The Labute approximate surface area is 117 Å². The standard InChI is InChI=1S/C16H13NO3/c1-19-15-7-6-14(10-18)8-16(15)20-11-13-4-2-12(9-17)3-5-13/h2-8,10H,11H2,1H3. The summed E-state index contributed by atoms with van der Waals surface area (Å²) < 4.78 is 10.8. The van der Waals surface area contributed by atoms with Crippen LogP contribution in [0.3, 0.4) is 0 Å². The highest BCUT2D eigenvalue weighted by Crippen LogP contribution is 2.28. The number of nitriles is 1. The first-order valence-electron chi connectivity index (χ1n) is 6.02. The molecule has 0 fully saturated rings. The quantitative estimate of drug-likeness (QED) is 0.781. The molecule has 0 bridgehead atoms. The molecule has 0 aliphatic carbocycles. The minimum Gasteiger partial charge on any atom is -0.493 e. The second-order valence-corrected chi connectivity index (χ2v) is 4.13. The van der Waals surface area contributed by atoms with E-state index in [0.717, 1.165) is 11.8 Å². The molecule has 0 spiro atoms. The molecule has 20 heavy (non-hydrogen) atoms. The summed E-state index contributed by atoms with van der Waals surface area (Å²) in [5.41, 5.74) is 2.07. The van der Waals surface area contributed by atoms with E-state index in [1.54, 1.807) is 37.4 Å². The molecule has 0 aliphatic rings. The third kappa shape index (κ3) is 3.15. The van der Waals surface area contributed by atoms with Gasteiger partial charge in [-0.05, 0) is 35.9 Å². The predicted octanol–water partition coefficient (Wildman–Crippen LogP) is 2.96. The number of benzene rings is 2. The molecule has 0 saturated heterocycles. The summed E-state index contributed by atoms with van der Waals surface area (Å²) in [5, 5.41) is 8.73. The van der Waals surface area contributed by atoms with Crippen LogP contribution in [0.15, 0.2) is 42.5 Å². The van der Waals surface area contributed by atoms with Crippen molar-refractivity contribution >= 4 is 6.29 Å². The first kappa shape index (κ1) is 13.6. The van der Waals surface area contributed by atoms with Crippen molar-refractivity contribution in [2.45, 2.75) is 6.61 Å². The van der Waals surface area contributed by atoms with Gasteiger partial charge in [-0.3, -0.25) is 4.79 Å². The van der Waals surface area contributed by atoms with Gasteiger partial charge < -0.3 is 9.47 Å². The van der Waals surface area contributed by atoms with Crippen molar-refractivity contribution < 1.29 is 14.3 Å². The molecule has 0 unspecified atom stereocenters. The van der Waals surface area contributed by atoms with Crippen LogP contribution in [-0.2, 0) is 6.61 Å². The summed E-state index contributed by atoms with van der Waals surface area (Å²) in [6, 6.07) is 14.2. The van der Waals surface area contributed by atoms with Crippen LogP contribution in [0.2, 0.25) is 0 Å². The van der Waals surface area contributed by atoms with Crippen LogP contribution in [0.1, 0.15) is 21.5 Å². The van der Waals surface area contributed by atoms with E-state index in [9.17, 15) is 4.79 Å². The first-order chi connectivity index (χ1) is 9.76. The van der Waals surface area contributed by atoms with Crippen molar-refractivity contribution in [3.8, 4) is 17.6 Å². The van der Waals surface area contributed by atoms with E-state index in [4.69, 9.17) is 14.7 Å². The number of ether oxygens (including phenoxy) is 2. The third-order valence-corrected chi connectivity index (χ3v) is 2.80. The lowest BCUT2D eigenvalue weighted by Crippen LogP contribution is -1.98. The molecule has 4 nitrogen and oxygen atoms in total. The lowest BCUT2D eigenvalue weighted by molar-refractivity contribution is 0.112. The summed E-state index contributed by atoms with van der Waals surface area (Å²) in [6.45, 7) is 0.338. The zero-order chi connectivity index (χ0) is 14.4. The van der Waals surface area contributed by atoms with Crippen LogP contribution >= 0.6 is 0 Å². The van der Waals surface area contributed by atoms with E-state index in [-0.39, 0.29) is 0 Å². The van der Waals surface area contributed by atoms with Crippen LogP contribution in [0, 0.1) is 11.3 Å². The molecule has 0 N–H and O–H groups in total. The van der Waals surface area contributed by atoms with Crippen molar-refractivity contribution in [3.63, 3.8) is 0 Å². The number of rotatable bonds is 5. The van der Waals surface area contributed by atoms with Gasteiger partial charge in [-0.15, -0.1) is 0 Å². The Morgan fingerprint density at radius 2 is 1.90 bits per heavy atom. The van der Waals surface area contributed by atoms with Gasteiger partial charge in [0.15, 0.2) is 11.5 Å². The molecule has 0 radical (unpaired) electrons. The topological polar surface area (TPSA) is 59.3 Å². The van der Waals surface area contributed by atoms with Crippen LogP contribution in [0.25, 0.3) is 0 Å². The molecule has 2 aromatic carbocycles. The monoisotopic (exact) mass is 267 g/mol. The van der Waals surface area contributed by atoms with Crippen LogP contribution < -0.4 is 9.47 Å². The number of hydrogen-bond donors (Lipinski definition) is 0. The van der Waals surface area contributed by atoms with Crippen molar-refractivity contribution in [1.29, 1.82) is 5.26 Å². The van der Waals surface area contributed by atoms with E-state index in [1.165, 1.54) is 0 Å². The third-order valence-electron chi connectivity index (χ3n) is 2.80. The summed E-state index contributed by atoms with van der Waals surface area (Å²) >= 11 is 0. The number of methoxy groups -OCH3 is 1. The van der Waals surface area contributed by atoms with Gasteiger partial charge in [-0.25, -0.2) is 0 Å². The maximum atomic E-state index is 10.8. The molecule has 4 heteroatoms. The number of carbonyl (C=O) groups is 1. The normalized spacial score (nSPS) is 9.60. The number of carbonyl (C=O) groups excluding carboxylic acids is 1. The molecular weight excluding hydrogens is 254 g/mol. The van der Waals surface area contributed by atoms with Gasteiger partial charge in [0, 0.05) is 5.56 Å². The molecule has 2 aromatic rings. The fourth-order valence-corrected chi connectivity index (χ4v) is 1.72. The Morgan fingerprint density at radius 1 is 1.15 bits per heavy atom.